The summed E-state index contributed by atoms with van der Waals surface area (Å²) >= 11 is 0. The molecule has 21 heavy (non-hydrogen) atoms. The summed E-state index contributed by atoms with van der Waals surface area (Å²) in [7, 11) is -3.50. The molecule has 0 amide bonds. The number of sulfonamides is 1. The van der Waals surface area contributed by atoms with Gasteiger partial charge in [-0.25, -0.2) is 13.1 Å². The lowest BCUT2D eigenvalue weighted by molar-refractivity contribution is 0.387. The molecule has 0 aliphatic carbocycles. The molecule has 1 aromatic heterocycles. The van der Waals surface area contributed by atoms with Crippen LogP contribution in [0, 0.1) is 12.8 Å². The third-order valence-electron chi connectivity index (χ3n) is 3.14. The van der Waals surface area contributed by atoms with Gasteiger partial charge in [0, 0.05) is 12.1 Å². The van der Waals surface area contributed by atoms with Crippen molar-refractivity contribution in [2.24, 2.45) is 5.92 Å². The predicted octanol–water partition coefficient (Wildman–Crippen LogP) is 2.80. The quantitative estimate of drug-likeness (QED) is 0.890. The number of hydrogen-bond acceptors (Lipinski definition) is 4. The van der Waals surface area contributed by atoms with E-state index in [1.807, 2.05) is 44.2 Å². The molecule has 1 atom stereocenters. The van der Waals surface area contributed by atoms with Crippen LogP contribution in [-0.4, -0.2) is 13.6 Å². The number of nitrogens with one attached hydrogen (secondary N) is 1. The number of hydrogen-bond donors (Lipinski definition) is 1. The van der Waals surface area contributed by atoms with E-state index >= 15 is 0 Å². The summed E-state index contributed by atoms with van der Waals surface area (Å²) in [5.41, 5.74) is 1.62. The monoisotopic (exact) mass is 308 g/mol. The van der Waals surface area contributed by atoms with Gasteiger partial charge in [-0.3, -0.25) is 0 Å². The smallest absolute Gasteiger partial charge is 0.219 e. The molecule has 0 unspecified atom stereocenters. The molecule has 0 saturated heterocycles. The van der Waals surface area contributed by atoms with Crippen LogP contribution in [0.4, 0.5) is 0 Å². The Kier molecular flexibility index (Phi) is 4.80. The van der Waals surface area contributed by atoms with E-state index in [4.69, 9.17) is 4.52 Å². The van der Waals surface area contributed by atoms with E-state index in [2.05, 4.69) is 9.88 Å². The highest BCUT2D eigenvalue weighted by Crippen LogP contribution is 2.23. The van der Waals surface area contributed by atoms with Gasteiger partial charge in [-0.05, 0) is 18.4 Å². The first-order valence-electron chi connectivity index (χ1n) is 6.84. The first-order valence-corrected chi connectivity index (χ1v) is 8.50. The van der Waals surface area contributed by atoms with Crippen molar-refractivity contribution in [3.05, 3.63) is 53.4 Å². The minimum absolute atomic E-state index is 0.138. The van der Waals surface area contributed by atoms with Gasteiger partial charge >= 0.3 is 0 Å². The van der Waals surface area contributed by atoms with Crippen LogP contribution in [0.2, 0.25) is 0 Å². The van der Waals surface area contributed by atoms with Gasteiger partial charge in [0.15, 0.2) is 5.76 Å². The van der Waals surface area contributed by atoms with E-state index in [9.17, 15) is 8.42 Å². The van der Waals surface area contributed by atoms with E-state index in [1.165, 1.54) is 0 Å². The van der Waals surface area contributed by atoms with E-state index in [-0.39, 0.29) is 17.7 Å². The van der Waals surface area contributed by atoms with Crippen LogP contribution in [0.3, 0.4) is 0 Å². The average Bonchev–Trinajstić information content (AvgIpc) is 2.81. The highest BCUT2D eigenvalue weighted by molar-refractivity contribution is 7.88. The molecule has 114 valence electrons. The van der Waals surface area contributed by atoms with Gasteiger partial charge in [0.1, 0.15) is 5.75 Å². The van der Waals surface area contributed by atoms with Crippen LogP contribution < -0.4 is 4.72 Å². The Bertz CT molecular complexity index is 678. The minimum Gasteiger partial charge on any atom is -0.360 e. The van der Waals surface area contributed by atoms with Crippen LogP contribution in [0.1, 0.15) is 36.9 Å². The molecule has 0 radical (unpaired) electrons. The number of aromatic nitrogens is 1. The van der Waals surface area contributed by atoms with Crippen molar-refractivity contribution in [3.8, 4) is 0 Å². The Morgan fingerprint density at radius 1 is 1.24 bits per heavy atom. The Balaban J connectivity index is 2.16. The van der Waals surface area contributed by atoms with E-state index in [0.29, 0.717) is 11.5 Å². The summed E-state index contributed by atoms with van der Waals surface area (Å²) in [6.07, 6.45) is 0. The van der Waals surface area contributed by atoms with E-state index in [1.54, 1.807) is 13.0 Å². The van der Waals surface area contributed by atoms with Crippen LogP contribution in [-0.2, 0) is 15.8 Å². The Morgan fingerprint density at radius 3 is 2.43 bits per heavy atom. The molecule has 0 bridgehead atoms. The second-order valence-corrected chi connectivity index (χ2v) is 7.20. The molecule has 2 rings (SSSR count). The maximum atomic E-state index is 12.3. The average molecular weight is 308 g/mol. The standard InChI is InChI=1S/C15H20N2O3S/c1-11(2)15(13-7-5-4-6-8-13)17-21(18,19)10-14-9-12(3)16-20-14/h4-9,11,15,17H,10H2,1-3H3/t15-/m1/s1. The van der Waals surface area contributed by atoms with Crippen LogP contribution in [0.15, 0.2) is 40.9 Å². The van der Waals surface area contributed by atoms with Gasteiger partial charge in [0.05, 0.1) is 5.69 Å². The Hall–Kier alpha value is -1.66. The van der Waals surface area contributed by atoms with Crippen molar-refractivity contribution in [3.63, 3.8) is 0 Å². The molecule has 0 aliphatic rings. The maximum Gasteiger partial charge on any atom is 0.219 e. The molecule has 0 spiro atoms. The van der Waals surface area contributed by atoms with E-state index < -0.39 is 10.0 Å². The van der Waals surface area contributed by atoms with Crippen molar-refractivity contribution in [2.75, 3.05) is 0 Å². The highest BCUT2D eigenvalue weighted by atomic mass is 32.2. The molecule has 0 saturated carbocycles. The zero-order valence-electron chi connectivity index (χ0n) is 12.4. The van der Waals surface area contributed by atoms with Crippen molar-refractivity contribution in [2.45, 2.75) is 32.6 Å². The van der Waals surface area contributed by atoms with Crippen molar-refractivity contribution in [1.29, 1.82) is 0 Å². The summed E-state index contributed by atoms with van der Waals surface area (Å²) in [5, 5.41) is 3.71. The fourth-order valence-corrected chi connectivity index (χ4v) is 3.55. The second kappa shape index (κ2) is 6.41. The number of nitrogens with zero attached hydrogens (tertiary/aromatic N) is 1. The van der Waals surface area contributed by atoms with Crippen molar-refractivity contribution in [1.82, 2.24) is 9.88 Å². The molecule has 6 heteroatoms. The van der Waals surface area contributed by atoms with Crippen molar-refractivity contribution < 1.29 is 12.9 Å². The lowest BCUT2D eigenvalue weighted by atomic mass is 9.97. The minimum atomic E-state index is -3.50. The summed E-state index contributed by atoms with van der Waals surface area (Å²) in [6.45, 7) is 5.73. The largest absolute Gasteiger partial charge is 0.360 e. The number of rotatable bonds is 6. The molecular weight excluding hydrogens is 288 g/mol. The summed E-state index contributed by atoms with van der Waals surface area (Å²) in [4.78, 5) is 0. The predicted molar refractivity (Wildman–Crippen MR) is 81.0 cm³/mol. The topological polar surface area (TPSA) is 72.2 Å². The van der Waals surface area contributed by atoms with Crippen LogP contribution >= 0.6 is 0 Å². The molecule has 0 aliphatic heterocycles. The molecule has 0 fully saturated rings. The molecular formula is C15H20N2O3S. The molecule has 1 heterocycles. The lowest BCUT2D eigenvalue weighted by Gasteiger charge is -2.22. The fraction of sp³-hybridized carbons (Fsp3) is 0.400. The first kappa shape index (κ1) is 15.7. The zero-order valence-corrected chi connectivity index (χ0v) is 13.2. The summed E-state index contributed by atoms with van der Waals surface area (Å²) in [6, 6.07) is 10.9. The summed E-state index contributed by atoms with van der Waals surface area (Å²) < 4.78 is 32.3. The van der Waals surface area contributed by atoms with E-state index in [0.717, 1.165) is 5.56 Å². The Labute approximate surface area is 125 Å². The normalized spacial score (nSPS) is 13.5. The first-order chi connectivity index (χ1) is 9.87. The third kappa shape index (κ3) is 4.41. The molecule has 1 aromatic carbocycles. The Morgan fingerprint density at radius 2 is 1.90 bits per heavy atom. The number of aryl methyl sites for hydroxylation is 1. The highest BCUT2D eigenvalue weighted by Gasteiger charge is 2.23. The van der Waals surface area contributed by atoms with Gasteiger partial charge in [-0.15, -0.1) is 0 Å². The molecule has 5 nitrogen and oxygen atoms in total. The van der Waals surface area contributed by atoms with Crippen molar-refractivity contribution >= 4 is 10.0 Å². The van der Waals surface area contributed by atoms with Gasteiger partial charge in [0.2, 0.25) is 10.0 Å². The second-order valence-electron chi connectivity index (χ2n) is 5.44. The van der Waals surface area contributed by atoms with Gasteiger partial charge in [-0.2, -0.15) is 0 Å². The van der Waals surface area contributed by atoms with Crippen LogP contribution in [0.5, 0.6) is 0 Å². The third-order valence-corrected chi connectivity index (χ3v) is 4.42. The SMILES string of the molecule is Cc1cc(CS(=O)(=O)N[C@@H](c2ccccc2)C(C)C)on1. The fourth-order valence-electron chi connectivity index (χ4n) is 2.16. The van der Waals surface area contributed by atoms with Gasteiger partial charge in [0.25, 0.3) is 0 Å². The molecule has 2 aromatic rings. The zero-order chi connectivity index (χ0) is 15.5. The summed E-state index contributed by atoms with van der Waals surface area (Å²) in [5.74, 6) is 0.276. The maximum absolute atomic E-state index is 12.3. The van der Waals surface area contributed by atoms with Gasteiger partial charge < -0.3 is 4.52 Å². The van der Waals surface area contributed by atoms with Crippen LogP contribution in [0.25, 0.3) is 0 Å². The van der Waals surface area contributed by atoms with Gasteiger partial charge in [-0.1, -0.05) is 49.3 Å². The molecule has 1 N–H and O–H groups in total. The lowest BCUT2D eigenvalue weighted by Crippen LogP contribution is -2.32. The number of benzene rings is 1.